The van der Waals surface area contributed by atoms with E-state index in [1.807, 2.05) is 29.6 Å². The smallest absolute Gasteiger partial charge is 0.213 e. The molecule has 0 fully saturated rings. The largest absolute Gasteiger partial charge is 0.305 e. The Kier molecular flexibility index (Phi) is 2.78. The van der Waals surface area contributed by atoms with E-state index in [9.17, 15) is 4.79 Å². The maximum absolute atomic E-state index is 10.4. The van der Waals surface area contributed by atoms with Crippen LogP contribution >= 0.6 is 11.3 Å². The molecular formula is C14H10N2OS. The van der Waals surface area contributed by atoms with Crippen LogP contribution in [0.1, 0.15) is 0 Å². The zero-order chi connectivity index (χ0) is 12.4. The summed E-state index contributed by atoms with van der Waals surface area (Å²) in [5.41, 5.74) is 1.98. The van der Waals surface area contributed by atoms with Crippen molar-refractivity contribution in [2.45, 2.75) is 0 Å². The minimum atomic E-state index is 0.618. The molecule has 0 unspecified atom stereocenters. The van der Waals surface area contributed by atoms with E-state index in [1.165, 1.54) is 22.1 Å². The van der Waals surface area contributed by atoms with Gasteiger partial charge in [-0.2, -0.15) is 0 Å². The van der Waals surface area contributed by atoms with Gasteiger partial charge in [0.1, 0.15) is 0 Å². The second kappa shape index (κ2) is 4.58. The lowest BCUT2D eigenvalue weighted by molar-refractivity contribution is -0.105. The summed E-state index contributed by atoms with van der Waals surface area (Å²) >= 11 is 1.42. The summed E-state index contributed by atoms with van der Waals surface area (Å²) in [4.78, 5) is 14.8. The number of benzene rings is 2. The molecule has 3 nitrogen and oxygen atoms in total. The second-order valence-electron chi connectivity index (χ2n) is 3.83. The number of rotatable bonds is 3. The van der Waals surface area contributed by atoms with Crippen LogP contribution in [0, 0.1) is 0 Å². The fraction of sp³-hybridized carbons (Fsp3) is 0. The molecule has 1 aromatic heterocycles. The van der Waals surface area contributed by atoms with Gasteiger partial charge in [0.25, 0.3) is 0 Å². The first kappa shape index (κ1) is 10.9. The number of fused-ring (bicyclic) bond motifs is 1. The van der Waals surface area contributed by atoms with Gasteiger partial charge in [0.05, 0.1) is 5.69 Å². The van der Waals surface area contributed by atoms with Crippen LogP contribution < -0.4 is 5.32 Å². The van der Waals surface area contributed by atoms with E-state index in [0.717, 1.165) is 11.3 Å². The third kappa shape index (κ3) is 1.87. The van der Waals surface area contributed by atoms with E-state index in [1.54, 1.807) is 0 Å². The number of nitrogens with zero attached hydrogens (tertiary/aromatic N) is 1. The Balaban J connectivity index is 2.15. The molecule has 3 rings (SSSR count). The Morgan fingerprint density at radius 3 is 2.83 bits per heavy atom. The standard InChI is InChI=1S/C14H10N2OS/c17-9-15-14-16-13(8-18-14)12-7-3-5-10-4-1-2-6-11(10)12/h1-9H,(H,15,16,17). The highest BCUT2D eigenvalue weighted by Crippen LogP contribution is 2.30. The number of hydrogen-bond acceptors (Lipinski definition) is 3. The predicted molar refractivity (Wildman–Crippen MR) is 74.7 cm³/mol. The molecule has 18 heavy (non-hydrogen) atoms. The van der Waals surface area contributed by atoms with Crippen molar-refractivity contribution in [3.05, 3.63) is 47.8 Å². The highest BCUT2D eigenvalue weighted by atomic mass is 32.1. The predicted octanol–water partition coefficient (Wildman–Crippen LogP) is 3.53. The monoisotopic (exact) mass is 254 g/mol. The zero-order valence-corrected chi connectivity index (χ0v) is 10.3. The Hall–Kier alpha value is -2.20. The summed E-state index contributed by atoms with van der Waals surface area (Å²) in [6.45, 7) is 0. The van der Waals surface area contributed by atoms with Gasteiger partial charge >= 0.3 is 0 Å². The lowest BCUT2D eigenvalue weighted by Crippen LogP contribution is -1.92. The van der Waals surface area contributed by atoms with Gasteiger partial charge in [-0.05, 0) is 10.8 Å². The summed E-state index contributed by atoms with van der Waals surface area (Å²) in [6, 6.07) is 14.3. The summed E-state index contributed by atoms with van der Waals surface area (Å²) in [6.07, 6.45) is 0.645. The second-order valence-corrected chi connectivity index (χ2v) is 4.68. The molecular weight excluding hydrogens is 244 g/mol. The van der Waals surface area contributed by atoms with Crippen molar-refractivity contribution >= 4 is 33.7 Å². The number of carbonyl (C=O) groups excluding carboxylic acids is 1. The maximum Gasteiger partial charge on any atom is 0.213 e. The molecule has 0 saturated heterocycles. The Morgan fingerprint density at radius 1 is 1.11 bits per heavy atom. The minimum Gasteiger partial charge on any atom is -0.305 e. The summed E-state index contributed by atoms with van der Waals surface area (Å²) < 4.78 is 0. The fourth-order valence-corrected chi connectivity index (χ4v) is 2.63. The van der Waals surface area contributed by atoms with Gasteiger partial charge in [0.2, 0.25) is 6.41 Å². The molecule has 1 heterocycles. The zero-order valence-electron chi connectivity index (χ0n) is 9.46. The molecule has 0 atom stereocenters. The first-order chi connectivity index (χ1) is 8.88. The summed E-state index contributed by atoms with van der Waals surface area (Å²) in [7, 11) is 0. The van der Waals surface area contributed by atoms with E-state index in [4.69, 9.17) is 0 Å². The normalized spacial score (nSPS) is 10.4. The first-order valence-electron chi connectivity index (χ1n) is 5.52. The molecule has 0 saturated carbocycles. The third-order valence-electron chi connectivity index (χ3n) is 2.75. The Morgan fingerprint density at radius 2 is 1.94 bits per heavy atom. The Bertz CT molecular complexity index is 700. The average molecular weight is 254 g/mol. The van der Waals surface area contributed by atoms with Gasteiger partial charge in [-0.25, -0.2) is 4.98 Å². The van der Waals surface area contributed by atoms with E-state index in [2.05, 4.69) is 28.5 Å². The molecule has 0 aliphatic carbocycles. The van der Waals surface area contributed by atoms with Crippen LogP contribution in [0.25, 0.3) is 22.0 Å². The van der Waals surface area contributed by atoms with Crippen molar-refractivity contribution in [3.63, 3.8) is 0 Å². The minimum absolute atomic E-state index is 0.618. The highest BCUT2D eigenvalue weighted by molar-refractivity contribution is 7.14. The number of anilines is 1. The molecule has 2 aromatic carbocycles. The van der Waals surface area contributed by atoms with E-state index in [-0.39, 0.29) is 0 Å². The van der Waals surface area contributed by atoms with Crippen molar-refractivity contribution in [2.24, 2.45) is 0 Å². The number of thiazole rings is 1. The molecule has 0 radical (unpaired) electrons. The molecule has 0 aliphatic rings. The molecule has 0 bridgehead atoms. The number of hydrogen-bond donors (Lipinski definition) is 1. The summed E-state index contributed by atoms with van der Waals surface area (Å²) in [5, 5.41) is 7.50. The van der Waals surface area contributed by atoms with Gasteiger partial charge in [0, 0.05) is 10.9 Å². The SMILES string of the molecule is O=CNc1nc(-c2cccc3ccccc23)cs1. The first-order valence-corrected chi connectivity index (χ1v) is 6.40. The van der Waals surface area contributed by atoms with Gasteiger partial charge in [-0.3, -0.25) is 4.79 Å². The van der Waals surface area contributed by atoms with Gasteiger partial charge in [0.15, 0.2) is 5.13 Å². The Labute approximate surface area is 108 Å². The van der Waals surface area contributed by atoms with Crippen LogP contribution in [0.4, 0.5) is 5.13 Å². The van der Waals surface area contributed by atoms with Gasteiger partial charge < -0.3 is 5.32 Å². The highest BCUT2D eigenvalue weighted by Gasteiger charge is 2.07. The van der Waals surface area contributed by atoms with Crippen LogP contribution in [0.5, 0.6) is 0 Å². The lowest BCUT2D eigenvalue weighted by Gasteiger charge is -2.03. The van der Waals surface area contributed by atoms with Gasteiger partial charge in [-0.15, -0.1) is 11.3 Å². The lowest BCUT2D eigenvalue weighted by atomic mass is 10.0. The van der Waals surface area contributed by atoms with E-state index in [0.29, 0.717) is 11.5 Å². The van der Waals surface area contributed by atoms with E-state index < -0.39 is 0 Å². The maximum atomic E-state index is 10.4. The number of nitrogens with one attached hydrogen (secondary N) is 1. The van der Waals surface area contributed by atoms with Crippen molar-refractivity contribution in [1.82, 2.24) is 4.98 Å². The number of amides is 1. The van der Waals surface area contributed by atoms with E-state index >= 15 is 0 Å². The molecule has 3 aromatic rings. The molecule has 88 valence electrons. The van der Waals surface area contributed by atoms with Crippen molar-refractivity contribution < 1.29 is 4.79 Å². The van der Waals surface area contributed by atoms with Crippen molar-refractivity contribution in [2.75, 3.05) is 5.32 Å². The quantitative estimate of drug-likeness (QED) is 0.726. The fourth-order valence-electron chi connectivity index (χ4n) is 1.96. The van der Waals surface area contributed by atoms with Crippen LogP contribution in [0.2, 0.25) is 0 Å². The summed E-state index contributed by atoms with van der Waals surface area (Å²) in [5.74, 6) is 0. The molecule has 0 spiro atoms. The average Bonchev–Trinajstić information content (AvgIpc) is 2.87. The van der Waals surface area contributed by atoms with Crippen molar-refractivity contribution in [1.29, 1.82) is 0 Å². The van der Waals surface area contributed by atoms with Gasteiger partial charge in [-0.1, -0.05) is 42.5 Å². The van der Waals surface area contributed by atoms with Crippen LogP contribution in [-0.2, 0) is 4.79 Å². The topological polar surface area (TPSA) is 42.0 Å². The molecule has 4 heteroatoms. The van der Waals surface area contributed by atoms with Crippen LogP contribution in [0.15, 0.2) is 47.8 Å². The molecule has 1 amide bonds. The number of aromatic nitrogens is 1. The molecule has 1 N–H and O–H groups in total. The number of carbonyl (C=O) groups is 1. The third-order valence-corrected chi connectivity index (χ3v) is 3.53. The van der Waals surface area contributed by atoms with Crippen LogP contribution in [-0.4, -0.2) is 11.4 Å². The molecule has 0 aliphatic heterocycles. The van der Waals surface area contributed by atoms with Crippen molar-refractivity contribution in [3.8, 4) is 11.3 Å². The van der Waals surface area contributed by atoms with Crippen LogP contribution in [0.3, 0.4) is 0 Å².